The summed E-state index contributed by atoms with van der Waals surface area (Å²) in [5, 5.41) is 7.25. The number of hydrogen-bond acceptors (Lipinski definition) is 4. The topological polar surface area (TPSA) is 83.9 Å². The van der Waals surface area contributed by atoms with Gasteiger partial charge in [-0.25, -0.2) is 4.98 Å². The van der Waals surface area contributed by atoms with Crippen molar-refractivity contribution in [2.75, 3.05) is 0 Å². The third-order valence-corrected chi connectivity index (χ3v) is 4.37. The maximum Gasteiger partial charge on any atom is 0.387 e. The van der Waals surface area contributed by atoms with E-state index in [1.54, 1.807) is 24.4 Å². The number of aromatic nitrogens is 3. The lowest BCUT2D eigenvalue weighted by molar-refractivity contribution is -0.0498. The summed E-state index contributed by atoms with van der Waals surface area (Å²) in [6.07, 6.45) is 1.71. The first-order chi connectivity index (χ1) is 13.1. The molecule has 5 rings (SSSR count). The van der Waals surface area contributed by atoms with E-state index in [0.717, 1.165) is 5.39 Å². The molecule has 0 unspecified atom stereocenters. The van der Waals surface area contributed by atoms with E-state index < -0.39 is 6.61 Å². The van der Waals surface area contributed by atoms with Gasteiger partial charge in [0.05, 0.1) is 0 Å². The number of ether oxygens (including phenoxy) is 1. The van der Waals surface area contributed by atoms with Crippen LogP contribution in [0.15, 0.2) is 57.9 Å². The Bertz CT molecular complexity index is 1370. The van der Waals surface area contributed by atoms with Crippen molar-refractivity contribution in [1.29, 1.82) is 0 Å². The quantitative estimate of drug-likeness (QED) is 0.494. The zero-order valence-electron chi connectivity index (χ0n) is 13.6. The van der Waals surface area contributed by atoms with Gasteiger partial charge in [0.2, 0.25) is 0 Å². The summed E-state index contributed by atoms with van der Waals surface area (Å²) in [4.78, 5) is 16.2. The van der Waals surface area contributed by atoms with Gasteiger partial charge in [0, 0.05) is 28.6 Å². The Morgan fingerprint density at radius 3 is 2.85 bits per heavy atom. The van der Waals surface area contributed by atoms with E-state index in [0.29, 0.717) is 38.8 Å². The highest BCUT2D eigenvalue weighted by molar-refractivity contribution is 6.14. The molecule has 0 radical (unpaired) electrons. The number of alkyl halides is 2. The van der Waals surface area contributed by atoms with Crippen LogP contribution in [0.2, 0.25) is 0 Å². The van der Waals surface area contributed by atoms with Gasteiger partial charge in [-0.15, -0.1) is 0 Å². The predicted molar refractivity (Wildman–Crippen MR) is 96.1 cm³/mol. The van der Waals surface area contributed by atoms with Gasteiger partial charge in [0.15, 0.2) is 16.7 Å². The maximum atomic E-state index is 12.6. The molecule has 0 aliphatic rings. The monoisotopic (exact) mass is 367 g/mol. The Morgan fingerprint density at radius 1 is 1.11 bits per heavy atom. The first kappa shape index (κ1) is 15.6. The Morgan fingerprint density at radius 2 is 2.00 bits per heavy atom. The number of H-pyrrole nitrogens is 2. The number of halogens is 2. The molecule has 5 aromatic rings. The number of nitrogens with one attached hydrogen (secondary N) is 2. The highest BCUT2D eigenvalue weighted by Crippen LogP contribution is 2.39. The van der Waals surface area contributed by atoms with Crippen LogP contribution < -0.4 is 10.2 Å². The lowest BCUT2D eigenvalue weighted by atomic mass is 10.0. The molecule has 3 aromatic heterocycles. The van der Waals surface area contributed by atoms with Crippen LogP contribution in [0.25, 0.3) is 44.2 Å². The van der Waals surface area contributed by atoms with Crippen LogP contribution >= 0.6 is 0 Å². The number of fused-ring (bicyclic) bond motifs is 4. The van der Waals surface area contributed by atoms with Gasteiger partial charge >= 0.3 is 6.61 Å². The minimum absolute atomic E-state index is 0.0399. The van der Waals surface area contributed by atoms with E-state index in [1.165, 1.54) is 24.3 Å². The van der Waals surface area contributed by atoms with Crippen LogP contribution in [-0.4, -0.2) is 21.8 Å². The van der Waals surface area contributed by atoms with Crippen molar-refractivity contribution in [2.45, 2.75) is 6.61 Å². The molecule has 0 saturated carbocycles. The van der Waals surface area contributed by atoms with Gasteiger partial charge in [-0.1, -0.05) is 12.1 Å². The smallest absolute Gasteiger partial charge is 0.387 e. The van der Waals surface area contributed by atoms with Crippen LogP contribution in [-0.2, 0) is 0 Å². The summed E-state index contributed by atoms with van der Waals surface area (Å²) < 4.78 is 35.7. The zero-order chi connectivity index (χ0) is 18.5. The van der Waals surface area contributed by atoms with Crippen molar-refractivity contribution >= 4 is 33.1 Å². The van der Waals surface area contributed by atoms with E-state index in [2.05, 4.69) is 19.9 Å². The van der Waals surface area contributed by atoms with Crippen molar-refractivity contribution < 1.29 is 17.9 Å². The molecule has 3 heterocycles. The highest BCUT2D eigenvalue weighted by atomic mass is 19.3. The van der Waals surface area contributed by atoms with Gasteiger partial charge in [-0.3, -0.25) is 9.89 Å². The van der Waals surface area contributed by atoms with Crippen molar-refractivity contribution in [3.63, 3.8) is 0 Å². The number of pyridine rings is 1. The molecule has 0 aliphatic heterocycles. The Balaban J connectivity index is 1.87. The summed E-state index contributed by atoms with van der Waals surface area (Å²) in [6.45, 7) is -2.92. The molecule has 134 valence electrons. The Labute approximate surface area is 149 Å². The van der Waals surface area contributed by atoms with Crippen LogP contribution in [0, 0.1) is 0 Å². The van der Waals surface area contributed by atoms with Crippen LogP contribution in [0.3, 0.4) is 0 Å². The molecule has 0 bridgehead atoms. The molecule has 0 saturated heterocycles. The van der Waals surface area contributed by atoms with Crippen molar-refractivity contribution in [3.8, 4) is 16.9 Å². The average Bonchev–Trinajstić information content (AvgIpc) is 3.22. The molecule has 0 fully saturated rings. The lowest BCUT2D eigenvalue weighted by Crippen LogP contribution is -2.01. The molecule has 0 atom stereocenters. The normalized spacial score (nSPS) is 11.8. The van der Waals surface area contributed by atoms with Crippen molar-refractivity contribution in [3.05, 3.63) is 58.9 Å². The van der Waals surface area contributed by atoms with Crippen LogP contribution in [0.1, 0.15) is 0 Å². The number of rotatable bonds is 3. The molecule has 0 aliphatic carbocycles. The van der Waals surface area contributed by atoms with Gasteiger partial charge in [0.1, 0.15) is 16.8 Å². The third-order valence-electron chi connectivity index (χ3n) is 4.37. The molecule has 0 spiro atoms. The second-order valence-electron chi connectivity index (χ2n) is 6.01. The number of nitrogens with zero attached hydrogens (tertiary/aromatic N) is 1. The molecule has 6 nitrogen and oxygen atoms in total. The second kappa shape index (κ2) is 5.66. The highest BCUT2D eigenvalue weighted by Gasteiger charge is 2.19. The second-order valence-corrected chi connectivity index (χ2v) is 6.01. The zero-order valence-corrected chi connectivity index (χ0v) is 13.6. The largest absolute Gasteiger partial charge is 0.454 e. The predicted octanol–water partition coefficient (Wildman–Crippen LogP) is 4.42. The van der Waals surface area contributed by atoms with Gasteiger partial charge in [0.25, 0.3) is 0 Å². The third kappa shape index (κ3) is 2.45. The average molecular weight is 367 g/mol. The summed E-state index contributed by atoms with van der Waals surface area (Å²) in [6, 6.07) is 10.9. The minimum Gasteiger partial charge on any atom is -0.454 e. The number of hydrogen-bond donors (Lipinski definition) is 2. The fourth-order valence-corrected chi connectivity index (χ4v) is 3.28. The molecule has 2 aromatic carbocycles. The first-order valence-electron chi connectivity index (χ1n) is 8.07. The lowest BCUT2D eigenvalue weighted by Gasteiger charge is -2.08. The molecule has 8 heteroatoms. The van der Waals surface area contributed by atoms with E-state index in [9.17, 15) is 13.6 Å². The fraction of sp³-hybridized carbons (Fsp3) is 0.0526. The Hall–Kier alpha value is -3.68. The van der Waals surface area contributed by atoms with E-state index in [-0.39, 0.29) is 11.2 Å². The van der Waals surface area contributed by atoms with Crippen molar-refractivity contribution in [1.82, 2.24) is 15.2 Å². The van der Waals surface area contributed by atoms with Gasteiger partial charge in [-0.2, -0.15) is 8.78 Å². The summed E-state index contributed by atoms with van der Waals surface area (Å²) in [5.41, 5.74) is 3.15. The summed E-state index contributed by atoms with van der Waals surface area (Å²) in [7, 11) is 0. The SMILES string of the molecule is O=c1ccc2c(c1)oc1c(-c3cccc(OC(F)F)c3)c3c[nH][nH]c3nc12. The molecule has 0 amide bonds. The number of aromatic amines is 2. The maximum absolute atomic E-state index is 12.6. The Kier molecular flexibility index (Phi) is 3.27. The van der Waals surface area contributed by atoms with E-state index >= 15 is 0 Å². The van der Waals surface area contributed by atoms with Crippen molar-refractivity contribution in [2.24, 2.45) is 0 Å². The van der Waals surface area contributed by atoms with E-state index in [1.807, 2.05) is 0 Å². The molecular formula is C19H11F2N3O3. The van der Waals surface area contributed by atoms with Crippen LogP contribution in [0.5, 0.6) is 5.75 Å². The summed E-state index contributed by atoms with van der Waals surface area (Å²) in [5.74, 6) is 0.0399. The standard InChI is InChI=1S/C19H11F2N3O3/c20-19(21)26-11-3-1-2-9(6-11)15-13-8-22-24-18(13)23-16-12-5-4-10(25)7-14(12)27-17(15)16/h1-8,19H,(H2,22,23,24). The van der Waals surface area contributed by atoms with Gasteiger partial charge < -0.3 is 14.3 Å². The van der Waals surface area contributed by atoms with Crippen LogP contribution in [0.4, 0.5) is 8.78 Å². The minimum atomic E-state index is -2.92. The first-order valence-corrected chi connectivity index (χ1v) is 8.07. The van der Waals surface area contributed by atoms with E-state index in [4.69, 9.17) is 4.42 Å². The number of benzene rings is 2. The fourth-order valence-electron chi connectivity index (χ4n) is 3.28. The van der Waals surface area contributed by atoms with Gasteiger partial charge in [-0.05, 0) is 29.8 Å². The number of furan rings is 1. The molecule has 27 heavy (non-hydrogen) atoms. The summed E-state index contributed by atoms with van der Waals surface area (Å²) >= 11 is 0. The molecular weight excluding hydrogens is 356 g/mol. The molecule has 2 N–H and O–H groups in total.